The Bertz CT molecular complexity index is 132. The van der Waals surface area contributed by atoms with E-state index >= 15 is 0 Å². The molecule has 78 valence electrons. The summed E-state index contributed by atoms with van der Waals surface area (Å²) in [6, 6.07) is 0. The van der Waals surface area contributed by atoms with Crippen LogP contribution in [-0.2, 0) is 0 Å². The topological polar surface area (TPSA) is 15.3 Å². The molecule has 1 saturated heterocycles. The van der Waals surface area contributed by atoms with E-state index in [0.717, 1.165) is 11.8 Å². The van der Waals surface area contributed by atoms with Crippen molar-refractivity contribution in [2.75, 3.05) is 33.2 Å². The maximum atomic E-state index is 3.34. The fraction of sp³-hybridized carbons (Fsp3) is 1.00. The molecule has 0 spiro atoms. The van der Waals surface area contributed by atoms with Crippen molar-refractivity contribution in [1.82, 2.24) is 10.2 Å². The Morgan fingerprint density at radius 1 is 1.46 bits per heavy atom. The van der Waals surface area contributed by atoms with Gasteiger partial charge in [0, 0.05) is 6.54 Å². The third-order valence-corrected chi connectivity index (χ3v) is 3.11. The van der Waals surface area contributed by atoms with Crippen molar-refractivity contribution >= 4 is 0 Å². The van der Waals surface area contributed by atoms with E-state index in [1.54, 1.807) is 0 Å². The van der Waals surface area contributed by atoms with Crippen LogP contribution in [0.4, 0.5) is 0 Å². The van der Waals surface area contributed by atoms with Crippen LogP contribution in [0.1, 0.15) is 26.7 Å². The molecule has 1 N–H and O–H groups in total. The Morgan fingerprint density at radius 3 is 2.62 bits per heavy atom. The van der Waals surface area contributed by atoms with E-state index in [4.69, 9.17) is 0 Å². The highest BCUT2D eigenvalue weighted by atomic mass is 15.1. The molecule has 0 aliphatic carbocycles. The predicted molar refractivity (Wildman–Crippen MR) is 57.9 cm³/mol. The molecule has 0 radical (unpaired) electrons. The largest absolute Gasteiger partial charge is 0.316 e. The molecule has 1 atom stereocenters. The zero-order valence-corrected chi connectivity index (χ0v) is 9.34. The van der Waals surface area contributed by atoms with Crippen LogP contribution in [0.5, 0.6) is 0 Å². The van der Waals surface area contributed by atoms with Crippen molar-refractivity contribution in [2.24, 2.45) is 11.8 Å². The molecule has 0 bridgehead atoms. The van der Waals surface area contributed by atoms with Crippen LogP contribution in [0.25, 0.3) is 0 Å². The number of rotatable bonds is 6. The van der Waals surface area contributed by atoms with Gasteiger partial charge in [-0.05, 0) is 44.9 Å². The van der Waals surface area contributed by atoms with Crippen LogP contribution < -0.4 is 5.32 Å². The lowest BCUT2D eigenvalue weighted by Crippen LogP contribution is -2.47. The van der Waals surface area contributed by atoms with Crippen molar-refractivity contribution in [1.29, 1.82) is 0 Å². The molecular weight excluding hydrogens is 160 g/mol. The summed E-state index contributed by atoms with van der Waals surface area (Å²) in [6.07, 6.45) is 2.65. The first kappa shape index (κ1) is 11.0. The monoisotopic (exact) mass is 184 g/mol. The Hall–Kier alpha value is -0.0800. The lowest BCUT2D eigenvalue weighted by atomic mass is 9.88. The predicted octanol–water partition coefficient (Wildman–Crippen LogP) is 1.57. The van der Waals surface area contributed by atoms with E-state index in [0.29, 0.717) is 0 Å². The summed E-state index contributed by atoms with van der Waals surface area (Å²) in [7, 11) is 2.25. The van der Waals surface area contributed by atoms with E-state index in [2.05, 4.69) is 31.1 Å². The second kappa shape index (κ2) is 5.61. The van der Waals surface area contributed by atoms with Gasteiger partial charge in [0.25, 0.3) is 0 Å². The normalized spacial score (nSPS) is 20.3. The Balaban J connectivity index is 2.07. The average Bonchev–Trinajstić information content (AvgIpc) is 1.97. The molecule has 0 aromatic heterocycles. The molecule has 1 aliphatic heterocycles. The van der Waals surface area contributed by atoms with Gasteiger partial charge in [0.1, 0.15) is 0 Å². The van der Waals surface area contributed by atoms with Crippen molar-refractivity contribution < 1.29 is 0 Å². The molecule has 0 saturated carbocycles. The Kier molecular flexibility index (Phi) is 4.74. The van der Waals surface area contributed by atoms with E-state index in [1.807, 2.05) is 0 Å². The van der Waals surface area contributed by atoms with E-state index in [1.165, 1.54) is 39.0 Å². The first-order valence-electron chi connectivity index (χ1n) is 5.63. The molecule has 0 aromatic carbocycles. The second-order valence-corrected chi connectivity index (χ2v) is 4.51. The van der Waals surface area contributed by atoms with Crippen LogP contribution in [0.2, 0.25) is 0 Å². The maximum Gasteiger partial charge on any atom is 0.000757 e. The fourth-order valence-corrected chi connectivity index (χ4v) is 1.87. The number of nitrogens with zero attached hydrogens (tertiary/aromatic N) is 1. The van der Waals surface area contributed by atoms with Gasteiger partial charge in [0.05, 0.1) is 0 Å². The molecule has 1 fully saturated rings. The fourth-order valence-electron chi connectivity index (χ4n) is 1.87. The summed E-state index contributed by atoms with van der Waals surface area (Å²) in [4.78, 5) is 2.48. The molecule has 0 amide bonds. The summed E-state index contributed by atoms with van der Waals surface area (Å²) in [5.74, 6) is 1.80. The van der Waals surface area contributed by atoms with Gasteiger partial charge in [-0.25, -0.2) is 0 Å². The SMILES string of the molecule is CCCCN(C)CC(C)C1CNC1. The van der Waals surface area contributed by atoms with Crippen LogP contribution in [0, 0.1) is 11.8 Å². The summed E-state index contributed by atoms with van der Waals surface area (Å²) in [6.45, 7) is 9.65. The first-order valence-corrected chi connectivity index (χ1v) is 5.63. The summed E-state index contributed by atoms with van der Waals surface area (Å²) in [5.41, 5.74) is 0. The van der Waals surface area contributed by atoms with Gasteiger partial charge < -0.3 is 10.2 Å². The van der Waals surface area contributed by atoms with Crippen LogP contribution in [-0.4, -0.2) is 38.1 Å². The second-order valence-electron chi connectivity index (χ2n) is 4.51. The molecule has 13 heavy (non-hydrogen) atoms. The number of unbranched alkanes of at least 4 members (excludes halogenated alkanes) is 1. The van der Waals surface area contributed by atoms with Crippen molar-refractivity contribution in [3.8, 4) is 0 Å². The maximum absolute atomic E-state index is 3.34. The standard InChI is InChI=1S/C11H24N2/c1-4-5-6-13(3)9-10(2)11-7-12-8-11/h10-12H,4-9H2,1-3H3. The van der Waals surface area contributed by atoms with E-state index < -0.39 is 0 Å². The van der Waals surface area contributed by atoms with Crippen molar-refractivity contribution in [2.45, 2.75) is 26.7 Å². The minimum atomic E-state index is 0.864. The Labute approximate surface area is 82.7 Å². The third kappa shape index (κ3) is 3.65. The molecule has 1 aliphatic rings. The highest BCUT2D eigenvalue weighted by molar-refractivity contribution is 4.80. The lowest BCUT2D eigenvalue weighted by molar-refractivity contribution is 0.185. The van der Waals surface area contributed by atoms with E-state index in [9.17, 15) is 0 Å². The van der Waals surface area contributed by atoms with Gasteiger partial charge in [0.15, 0.2) is 0 Å². The number of hydrogen-bond donors (Lipinski definition) is 1. The summed E-state index contributed by atoms with van der Waals surface area (Å²) < 4.78 is 0. The van der Waals surface area contributed by atoms with E-state index in [-0.39, 0.29) is 0 Å². The summed E-state index contributed by atoms with van der Waals surface area (Å²) >= 11 is 0. The first-order chi connectivity index (χ1) is 6.24. The lowest BCUT2D eigenvalue weighted by Gasteiger charge is -2.34. The molecule has 1 heterocycles. The van der Waals surface area contributed by atoms with Gasteiger partial charge in [0.2, 0.25) is 0 Å². The van der Waals surface area contributed by atoms with Crippen molar-refractivity contribution in [3.63, 3.8) is 0 Å². The molecule has 1 rings (SSSR count). The van der Waals surface area contributed by atoms with Gasteiger partial charge in [-0.1, -0.05) is 20.3 Å². The molecule has 0 aromatic rings. The molecule has 2 heteroatoms. The van der Waals surface area contributed by atoms with Crippen LogP contribution in [0.3, 0.4) is 0 Å². The van der Waals surface area contributed by atoms with Crippen LogP contribution in [0.15, 0.2) is 0 Å². The average molecular weight is 184 g/mol. The molecular formula is C11H24N2. The van der Waals surface area contributed by atoms with Gasteiger partial charge in [-0.2, -0.15) is 0 Å². The highest BCUT2D eigenvalue weighted by Gasteiger charge is 2.23. The number of nitrogens with one attached hydrogen (secondary N) is 1. The molecule has 2 nitrogen and oxygen atoms in total. The number of hydrogen-bond acceptors (Lipinski definition) is 2. The minimum absolute atomic E-state index is 0.864. The molecule has 1 unspecified atom stereocenters. The van der Waals surface area contributed by atoms with Gasteiger partial charge >= 0.3 is 0 Å². The van der Waals surface area contributed by atoms with Crippen molar-refractivity contribution in [3.05, 3.63) is 0 Å². The zero-order chi connectivity index (χ0) is 9.68. The third-order valence-electron chi connectivity index (χ3n) is 3.11. The highest BCUT2D eigenvalue weighted by Crippen LogP contribution is 2.16. The minimum Gasteiger partial charge on any atom is -0.316 e. The van der Waals surface area contributed by atoms with Gasteiger partial charge in [-0.3, -0.25) is 0 Å². The Morgan fingerprint density at radius 2 is 2.15 bits per heavy atom. The zero-order valence-electron chi connectivity index (χ0n) is 9.34. The van der Waals surface area contributed by atoms with Crippen LogP contribution >= 0.6 is 0 Å². The smallest absolute Gasteiger partial charge is 0.000757 e. The quantitative estimate of drug-likeness (QED) is 0.674. The van der Waals surface area contributed by atoms with Gasteiger partial charge in [-0.15, -0.1) is 0 Å². The summed E-state index contributed by atoms with van der Waals surface area (Å²) in [5, 5.41) is 3.34.